The maximum Gasteiger partial charge on any atom is 0.303 e. The van der Waals surface area contributed by atoms with Gasteiger partial charge in [-0.2, -0.15) is 0 Å². The molecule has 2 aromatic rings. The fourth-order valence-corrected chi connectivity index (χ4v) is 5.15. The minimum absolute atomic E-state index is 0.0340. The third kappa shape index (κ3) is 6.25. The van der Waals surface area contributed by atoms with Crippen molar-refractivity contribution in [2.75, 3.05) is 31.6 Å². The van der Waals surface area contributed by atoms with Crippen LogP contribution < -0.4 is 10.6 Å². The number of halogens is 1. The van der Waals surface area contributed by atoms with Crippen LogP contribution >= 0.6 is 0 Å². The molecule has 1 atom stereocenters. The van der Waals surface area contributed by atoms with Crippen LogP contribution in [0.15, 0.2) is 18.2 Å². The number of phenols is 3. The number of hydrogen-bond acceptors (Lipinski definition) is 13. The van der Waals surface area contributed by atoms with E-state index in [1.165, 1.54) is 18.2 Å². The van der Waals surface area contributed by atoms with E-state index in [1.54, 1.807) is 10.2 Å². The third-order valence-electron chi connectivity index (χ3n) is 7.50. The predicted octanol–water partition coefficient (Wildman–Crippen LogP) is -0.218. The Hall–Kier alpha value is -4.06. The Kier molecular flexibility index (Phi) is 11.0. The molecule has 2 aromatic carbocycles. The molecule has 15 nitrogen and oxygen atoms in total. The van der Waals surface area contributed by atoms with Crippen LogP contribution in [0.5, 0.6) is 17.2 Å². The number of aromatic hydroxyl groups is 3. The highest BCUT2D eigenvalue weighted by molar-refractivity contribution is 6.08. The Morgan fingerprint density at radius 2 is 1.56 bits per heavy atom. The molecular weight excluding hydrogens is 599 g/mol. The summed E-state index contributed by atoms with van der Waals surface area (Å²) < 4.78 is 20.4. The second kappa shape index (κ2) is 13.9. The molecule has 248 valence electrons. The molecule has 2 fully saturated rings. The highest BCUT2D eigenvalue weighted by Gasteiger charge is 2.67. The van der Waals surface area contributed by atoms with Gasteiger partial charge in [-0.1, -0.05) is 33.8 Å². The number of hydrogen-bond donors (Lipinski definition) is 9. The lowest BCUT2D eigenvalue weighted by Crippen LogP contribution is -2.79. The van der Waals surface area contributed by atoms with Crippen molar-refractivity contribution in [2.45, 2.75) is 64.9 Å². The average molecular weight is 639 g/mol. The van der Waals surface area contributed by atoms with Gasteiger partial charge in [0.1, 0.15) is 0 Å². The molecular formula is C29H39FN4O11. The van der Waals surface area contributed by atoms with Crippen molar-refractivity contribution in [3.8, 4) is 17.2 Å². The number of morpholine rings is 1. The van der Waals surface area contributed by atoms with Crippen LogP contribution in [0.3, 0.4) is 0 Å². The number of aliphatic hydroxyl groups is 4. The van der Waals surface area contributed by atoms with E-state index in [9.17, 15) is 50.1 Å². The van der Waals surface area contributed by atoms with Gasteiger partial charge in [0.15, 0.2) is 29.1 Å². The van der Waals surface area contributed by atoms with Crippen LogP contribution in [0.1, 0.15) is 54.7 Å². The van der Waals surface area contributed by atoms with E-state index in [0.29, 0.717) is 31.2 Å². The summed E-state index contributed by atoms with van der Waals surface area (Å²) in [6, 6.07) is 1.90. The van der Waals surface area contributed by atoms with Crippen LogP contribution in [0, 0.1) is 5.82 Å². The molecule has 3 aliphatic rings. The largest absolute Gasteiger partial charge is 0.504 e. The van der Waals surface area contributed by atoms with Crippen molar-refractivity contribution in [2.24, 2.45) is 0 Å². The predicted molar refractivity (Wildman–Crippen MR) is 155 cm³/mol. The summed E-state index contributed by atoms with van der Waals surface area (Å²) >= 11 is 0. The zero-order valence-corrected chi connectivity index (χ0v) is 25.3. The van der Waals surface area contributed by atoms with E-state index >= 15 is 4.39 Å². The maximum atomic E-state index is 15.2. The van der Waals surface area contributed by atoms with Crippen molar-refractivity contribution >= 4 is 23.4 Å². The van der Waals surface area contributed by atoms with Crippen LogP contribution in [0.4, 0.5) is 10.1 Å². The van der Waals surface area contributed by atoms with E-state index in [2.05, 4.69) is 5.32 Å². The molecule has 3 aliphatic heterocycles. The number of fused-ring (bicyclic) bond motifs is 1. The summed E-state index contributed by atoms with van der Waals surface area (Å²) in [7, 11) is 0. The van der Waals surface area contributed by atoms with E-state index in [0.717, 1.165) is 0 Å². The number of phenolic OH excluding ortho intramolecular Hbond substituents is 3. The summed E-state index contributed by atoms with van der Waals surface area (Å²) in [6.45, 7) is 8.78. The van der Waals surface area contributed by atoms with Gasteiger partial charge in [-0.05, 0) is 12.1 Å². The molecule has 1 unspecified atom stereocenters. The number of ether oxygens (including phenoxy) is 1. The van der Waals surface area contributed by atoms with Gasteiger partial charge in [-0.25, -0.2) is 4.39 Å². The lowest BCUT2D eigenvalue weighted by molar-refractivity contribution is -0.355. The Morgan fingerprint density at radius 1 is 0.956 bits per heavy atom. The minimum Gasteiger partial charge on any atom is -0.504 e. The van der Waals surface area contributed by atoms with Gasteiger partial charge < -0.3 is 50.7 Å². The molecule has 3 amide bonds. The first kappa shape index (κ1) is 35.4. The highest BCUT2D eigenvalue weighted by atomic mass is 19.1. The second-order valence-electron chi connectivity index (χ2n) is 9.94. The second-order valence-corrected chi connectivity index (χ2v) is 9.94. The topological polar surface area (TPSA) is 233 Å². The maximum absolute atomic E-state index is 15.2. The van der Waals surface area contributed by atoms with E-state index in [-0.39, 0.29) is 28.9 Å². The Balaban J connectivity index is 0.00000133. The number of amides is 3. The van der Waals surface area contributed by atoms with E-state index in [1.807, 2.05) is 27.7 Å². The molecule has 3 heterocycles. The minimum atomic E-state index is -3.82. The van der Waals surface area contributed by atoms with Gasteiger partial charge in [0.25, 0.3) is 23.5 Å². The van der Waals surface area contributed by atoms with Crippen LogP contribution in [-0.4, -0.2) is 107 Å². The number of imide groups is 1. The van der Waals surface area contributed by atoms with Gasteiger partial charge >= 0.3 is 5.79 Å². The standard InChI is InChI=1S/C25H27FN4O11.2C2H6/c26-16-12(18(32)19(33)14(17(16)31)9-29-4-6-41-7-5-29)8-27-15-3-1-2-11-13(15)10-30(22(11)35)20-21(34)28-23(36)25(39,40)24(20,37)38;2*1-2/h1-3,20,27,31-33,37-40H,4-10H2,(H,28,34,36);2*1-2H3. The smallest absolute Gasteiger partial charge is 0.303 e. The Labute approximate surface area is 258 Å². The van der Waals surface area contributed by atoms with E-state index < -0.39 is 77.1 Å². The summed E-state index contributed by atoms with van der Waals surface area (Å²) in [5.41, 5.74) is -0.367. The Morgan fingerprint density at radius 3 is 2.18 bits per heavy atom. The third-order valence-corrected chi connectivity index (χ3v) is 7.50. The molecule has 2 saturated heterocycles. The summed E-state index contributed by atoms with van der Waals surface area (Å²) in [4.78, 5) is 39.8. The molecule has 0 bridgehead atoms. The van der Waals surface area contributed by atoms with Gasteiger partial charge in [0.2, 0.25) is 0 Å². The molecule has 5 rings (SSSR count). The summed E-state index contributed by atoms with van der Waals surface area (Å²) in [5, 5.41) is 76.6. The molecule has 9 N–H and O–H groups in total. The first-order chi connectivity index (χ1) is 21.3. The van der Waals surface area contributed by atoms with Crippen molar-refractivity contribution in [1.82, 2.24) is 15.1 Å². The van der Waals surface area contributed by atoms with Crippen molar-refractivity contribution < 1.29 is 59.3 Å². The number of nitrogens with zero attached hydrogens (tertiary/aromatic N) is 2. The normalized spacial score (nSPS) is 20.3. The highest BCUT2D eigenvalue weighted by Crippen LogP contribution is 2.43. The van der Waals surface area contributed by atoms with E-state index in [4.69, 9.17) is 4.74 Å². The van der Waals surface area contributed by atoms with Gasteiger partial charge in [0.05, 0.1) is 24.3 Å². The molecule has 0 spiro atoms. The number of carbonyl (C=O) groups is 3. The number of carbonyl (C=O) groups excluding carboxylic acids is 3. The molecule has 0 aliphatic carbocycles. The average Bonchev–Trinajstić information content (AvgIpc) is 3.36. The lowest BCUT2D eigenvalue weighted by atomic mass is 9.90. The SMILES string of the molecule is CC.CC.O=C1NC(=O)C(O)(O)C(O)(O)C1N1Cc2c(NCc3c(O)c(O)c(CN4CCOCC4)c(O)c3F)cccc2C1=O. The zero-order valence-electron chi connectivity index (χ0n) is 25.3. The van der Waals surface area contributed by atoms with Crippen LogP contribution in [-0.2, 0) is 34.0 Å². The Bertz CT molecular complexity index is 1410. The number of piperidine rings is 1. The quantitative estimate of drug-likeness (QED) is 0.0863. The fraction of sp³-hybridized carbons (Fsp3) is 0.483. The molecule has 0 radical (unpaired) electrons. The number of benzene rings is 2. The number of rotatable bonds is 6. The van der Waals surface area contributed by atoms with Gasteiger partial charge in [-0.3, -0.25) is 24.6 Å². The molecule has 16 heteroatoms. The lowest BCUT2D eigenvalue weighted by Gasteiger charge is -2.44. The molecule has 0 saturated carbocycles. The van der Waals surface area contributed by atoms with Crippen LogP contribution in [0.2, 0.25) is 0 Å². The first-order valence-corrected chi connectivity index (χ1v) is 14.4. The van der Waals surface area contributed by atoms with Gasteiger partial charge in [0, 0.05) is 49.5 Å². The van der Waals surface area contributed by atoms with Crippen molar-refractivity contribution in [3.63, 3.8) is 0 Å². The number of anilines is 1. The molecule has 0 aromatic heterocycles. The fourth-order valence-electron chi connectivity index (χ4n) is 5.15. The first-order valence-electron chi connectivity index (χ1n) is 14.4. The van der Waals surface area contributed by atoms with Crippen LogP contribution in [0.25, 0.3) is 0 Å². The van der Waals surface area contributed by atoms with Crippen molar-refractivity contribution in [3.05, 3.63) is 46.3 Å². The summed E-state index contributed by atoms with van der Waals surface area (Å²) in [5.74, 6) is -15.2. The van der Waals surface area contributed by atoms with Crippen molar-refractivity contribution in [1.29, 1.82) is 0 Å². The molecule has 45 heavy (non-hydrogen) atoms. The monoisotopic (exact) mass is 638 g/mol. The summed E-state index contributed by atoms with van der Waals surface area (Å²) in [6.07, 6.45) is 0. The van der Waals surface area contributed by atoms with Gasteiger partial charge in [-0.15, -0.1) is 0 Å². The number of nitrogens with one attached hydrogen (secondary N) is 2. The zero-order chi connectivity index (χ0) is 33.9.